The number of benzene rings is 2. The zero-order valence-electron chi connectivity index (χ0n) is 19.4. The van der Waals surface area contributed by atoms with Crippen molar-refractivity contribution in [2.24, 2.45) is 0 Å². The molecular weight excluding hydrogens is 454 g/mol. The maximum absolute atomic E-state index is 13.2. The summed E-state index contributed by atoms with van der Waals surface area (Å²) < 4.78 is 17.2. The number of hydrogen-bond acceptors (Lipinski definition) is 6. The van der Waals surface area contributed by atoms with Crippen LogP contribution in [0, 0.1) is 0 Å². The lowest BCUT2D eigenvalue weighted by Gasteiger charge is -2.27. The second-order valence-corrected chi connectivity index (χ2v) is 8.60. The summed E-state index contributed by atoms with van der Waals surface area (Å²) in [5.41, 5.74) is 1.78. The largest absolute Gasteiger partial charge is 0.493 e. The van der Waals surface area contributed by atoms with Gasteiger partial charge in [0.1, 0.15) is 0 Å². The van der Waals surface area contributed by atoms with E-state index in [9.17, 15) is 4.79 Å². The number of aromatic nitrogens is 2. The lowest BCUT2D eigenvalue weighted by atomic mass is 10.2. The van der Waals surface area contributed by atoms with Crippen molar-refractivity contribution in [3.8, 4) is 23.0 Å². The monoisotopic (exact) mass is 481 g/mol. The van der Waals surface area contributed by atoms with E-state index in [1.54, 1.807) is 24.1 Å². The molecule has 0 unspecified atom stereocenters. The van der Waals surface area contributed by atoms with E-state index >= 15 is 0 Å². The highest BCUT2D eigenvalue weighted by molar-refractivity contribution is 6.30. The minimum absolute atomic E-state index is 0.103. The standard InChI is InChI=1S/C26H28ClN3O4/c1-3-6-18-9-14-22(23(15-18)32-2)33-17-25(31)30(21-7-4-5-8-21)16-24-28-29-26(34-24)19-10-12-20(27)13-11-19/h3,6,9-15,21H,4-5,7-8,16-17H2,1-2H3/b6-3+. The van der Waals surface area contributed by atoms with Crippen LogP contribution in [-0.4, -0.2) is 40.8 Å². The fourth-order valence-corrected chi connectivity index (χ4v) is 4.26. The van der Waals surface area contributed by atoms with E-state index in [1.807, 2.05) is 49.4 Å². The van der Waals surface area contributed by atoms with Crippen LogP contribution >= 0.6 is 11.6 Å². The molecule has 4 rings (SSSR count). The van der Waals surface area contributed by atoms with Gasteiger partial charge in [-0.25, -0.2) is 0 Å². The molecule has 0 spiro atoms. The predicted octanol–water partition coefficient (Wildman–Crippen LogP) is 5.78. The number of methoxy groups -OCH3 is 1. The molecule has 1 saturated carbocycles. The van der Waals surface area contributed by atoms with Crippen LogP contribution in [0.3, 0.4) is 0 Å². The summed E-state index contributed by atoms with van der Waals surface area (Å²) >= 11 is 5.96. The molecule has 3 aromatic rings. The van der Waals surface area contributed by atoms with Gasteiger partial charge in [-0.05, 0) is 61.7 Å². The van der Waals surface area contributed by atoms with Gasteiger partial charge in [0.2, 0.25) is 11.8 Å². The van der Waals surface area contributed by atoms with Crippen LogP contribution in [0.2, 0.25) is 5.02 Å². The van der Waals surface area contributed by atoms with Gasteiger partial charge in [-0.3, -0.25) is 4.79 Å². The third-order valence-electron chi connectivity index (χ3n) is 5.85. The van der Waals surface area contributed by atoms with Gasteiger partial charge in [-0.15, -0.1) is 10.2 Å². The van der Waals surface area contributed by atoms with E-state index < -0.39 is 0 Å². The van der Waals surface area contributed by atoms with Crippen molar-refractivity contribution in [2.75, 3.05) is 13.7 Å². The molecule has 1 aromatic heterocycles. The summed E-state index contributed by atoms with van der Waals surface area (Å²) in [5, 5.41) is 8.95. The summed E-state index contributed by atoms with van der Waals surface area (Å²) in [5.74, 6) is 1.77. The molecule has 2 aromatic carbocycles. The Kier molecular flexibility index (Phi) is 7.85. The van der Waals surface area contributed by atoms with Crippen molar-refractivity contribution < 1.29 is 18.7 Å². The number of allylic oxidation sites excluding steroid dienone is 1. The molecule has 0 saturated heterocycles. The molecule has 1 aliphatic carbocycles. The summed E-state index contributed by atoms with van der Waals surface area (Å²) in [6, 6.07) is 12.9. The average molecular weight is 482 g/mol. The molecule has 178 valence electrons. The van der Waals surface area contributed by atoms with Gasteiger partial charge in [-0.2, -0.15) is 0 Å². The first-order valence-electron chi connectivity index (χ1n) is 11.4. The van der Waals surface area contributed by atoms with E-state index in [-0.39, 0.29) is 25.1 Å². The number of carbonyl (C=O) groups is 1. The van der Waals surface area contributed by atoms with Crippen LogP contribution in [-0.2, 0) is 11.3 Å². The Hall–Kier alpha value is -3.32. The summed E-state index contributed by atoms with van der Waals surface area (Å²) in [4.78, 5) is 15.0. The smallest absolute Gasteiger partial charge is 0.261 e. The Morgan fingerprint density at radius 3 is 2.62 bits per heavy atom. The minimum Gasteiger partial charge on any atom is -0.493 e. The van der Waals surface area contributed by atoms with E-state index in [2.05, 4.69) is 10.2 Å². The van der Waals surface area contributed by atoms with Crippen molar-refractivity contribution in [1.82, 2.24) is 15.1 Å². The number of amides is 1. The lowest BCUT2D eigenvalue weighted by Crippen LogP contribution is -2.41. The van der Waals surface area contributed by atoms with Crippen molar-refractivity contribution in [2.45, 2.75) is 45.2 Å². The van der Waals surface area contributed by atoms with Gasteiger partial charge in [0.25, 0.3) is 5.91 Å². The van der Waals surface area contributed by atoms with Gasteiger partial charge in [0.15, 0.2) is 18.1 Å². The molecule has 7 nitrogen and oxygen atoms in total. The van der Waals surface area contributed by atoms with Gasteiger partial charge in [0.05, 0.1) is 13.7 Å². The molecule has 0 bridgehead atoms. The fourth-order valence-electron chi connectivity index (χ4n) is 4.13. The second-order valence-electron chi connectivity index (χ2n) is 8.17. The number of nitrogens with zero attached hydrogens (tertiary/aromatic N) is 3. The fraction of sp³-hybridized carbons (Fsp3) is 0.346. The highest BCUT2D eigenvalue weighted by Gasteiger charge is 2.29. The Bertz CT molecular complexity index is 1140. The summed E-state index contributed by atoms with van der Waals surface area (Å²) in [7, 11) is 1.59. The van der Waals surface area contributed by atoms with Gasteiger partial charge in [0, 0.05) is 16.6 Å². The normalized spacial score (nSPS) is 14.0. The number of halogens is 1. The highest BCUT2D eigenvalue weighted by Crippen LogP contribution is 2.30. The van der Waals surface area contributed by atoms with Gasteiger partial charge in [-0.1, -0.05) is 42.7 Å². The summed E-state index contributed by atoms with van der Waals surface area (Å²) in [6.07, 6.45) is 8.01. The molecule has 34 heavy (non-hydrogen) atoms. The van der Waals surface area contributed by atoms with Crippen LogP contribution in [0.25, 0.3) is 17.5 Å². The van der Waals surface area contributed by atoms with Crippen LogP contribution in [0.4, 0.5) is 0 Å². The molecule has 0 atom stereocenters. The second kappa shape index (κ2) is 11.2. The van der Waals surface area contributed by atoms with Crippen LogP contribution in [0.15, 0.2) is 53.0 Å². The van der Waals surface area contributed by atoms with Crippen molar-refractivity contribution >= 4 is 23.6 Å². The van der Waals surface area contributed by atoms with E-state index in [1.165, 1.54) is 0 Å². The maximum Gasteiger partial charge on any atom is 0.261 e. The minimum atomic E-state index is -0.127. The van der Waals surface area contributed by atoms with E-state index in [0.717, 1.165) is 36.8 Å². The first-order valence-corrected chi connectivity index (χ1v) is 11.8. The average Bonchev–Trinajstić information content (AvgIpc) is 3.54. The molecular formula is C26H28ClN3O4. The van der Waals surface area contributed by atoms with E-state index in [0.29, 0.717) is 28.3 Å². The zero-order chi connectivity index (χ0) is 23.9. The molecule has 1 heterocycles. The highest BCUT2D eigenvalue weighted by atomic mass is 35.5. The van der Waals surface area contributed by atoms with Crippen molar-refractivity contribution in [3.63, 3.8) is 0 Å². The van der Waals surface area contributed by atoms with Gasteiger partial charge >= 0.3 is 0 Å². The zero-order valence-corrected chi connectivity index (χ0v) is 20.1. The van der Waals surface area contributed by atoms with Crippen LogP contribution < -0.4 is 9.47 Å². The predicted molar refractivity (Wildman–Crippen MR) is 131 cm³/mol. The Balaban J connectivity index is 1.46. The van der Waals surface area contributed by atoms with Gasteiger partial charge < -0.3 is 18.8 Å². The third-order valence-corrected chi connectivity index (χ3v) is 6.10. The first kappa shape index (κ1) is 23.8. The molecule has 1 fully saturated rings. The van der Waals surface area contributed by atoms with Crippen LogP contribution in [0.5, 0.6) is 11.5 Å². The van der Waals surface area contributed by atoms with Crippen molar-refractivity contribution in [3.05, 3.63) is 65.0 Å². The molecule has 1 amide bonds. The van der Waals surface area contributed by atoms with Crippen molar-refractivity contribution in [1.29, 1.82) is 0 Å². The first-order chi connectivity index (χ1) is 16.6. The van der Waals surface area contributed by atoms with Crippen LogP contribution in [0.1, 0.15) is 44.1 Å². The number of rotatable bonds is 9. The Morgan fingerprint density at radius 1 is 1.15 bits per heavy atom. The Labute approximate surface area is 204 Å². The third kappa shape index (κ3) is 5.78. The maximum atomic E-state index is 13.2. The summed E-state index contributed by atoms with van der Waals surface area (Å²) in [6.45, 7) is 2.09. The molecule has 0 N–H and O–H groups in total. The topological polar surface area (TPSA) is 77.7 Å². The number of ether oxygens (including phenoxy) is 2. The molecule has 0 radical (unpaired) electrons. The lowest BCUT2D eigenvalue weighted by molar-refractivity contribution is -0.136. The molecule has 1 aliphatic rings. The SMILES string of the molecule is C/C=C/c1ccc(OCC(=O)N(Cc2nnc(-c3ccc(Cl)cc3)o2)C2CCCC2)c(OC)c1. The number of hydrogen-bond donors (Lipinski definition) is 0. The molecule has 0 aliphatic heterocycles. The van der Waals surface area contributed by atoms with E-state index in [4.69, 9.17) is 25.5 Å². The quantitative estimate of drug-likeness (QED) is 0.385. The Morgan fingerprint density at radius 2 is 1.91 bits per heavy atom. The number of carbonyl (C=O) groups excluding carboxylic acids is 1. The molecule has 8 heteroatoms.